The number of halogens is 2. The van der Waals surface area contributed by atoms with E-state index in [1.807, 2.05) is 0 Å². The van der Waals surface area contributed by atoms with Gasteiger partial charge in [0, 0.05) is 34.1 Å². The van der Waals surface area contributed by atoms with Crippen molar-refractivity contribution in [1.82, 2.24) is 0 Å². The van der Waals surface area contributed by atoms with Crippen LogP contribution in [0.15, 0.2) is 0 Å². The van der Waals surface area contributed by atoms with Gasteiger partial charge in [-0.2, -0.15) is 0 Å². The Morgan fingerprint density at radius 1 is 0.750 bits per heavy atom. The predicted molar refractivity (Wildman–Crippen MR) is 17.6 cm³/mol. The molecule has 0 aliphatic carbocycles. The largest absolute Gasteiger partial charge is 0.147 e. The first-order valence-corrected chi connectivity index (χ1v) is 0. The smallest absolute Gasteiger partial charge is 0 e. The van der Waals surface area contributed by atoms with E-state index >= 15 is 0 Å². The van der Waals surface area contributed by atoms with E-state index in [0.717, 1.165) is 0 Å². The number of hydrogen-bond acceptors (Lipinski definition) is 0. The van der Waals surface area contributed by atoms with Crippen LogP contribution in [0.1, 0.15) is 0 Å². The van der Waals surface area contributed by atoms with Crippen LogP contribution in [0.5, 0.6) is 0 Å². The third kappa shape index (κ3) is 9.18. The van der Waals surface area contributed by atoms with Crippen LogP contribution >= 0.6 is 29.4 Å². The van der Waals surface area contributed by atoms with Gasteiger partial charge in [0.15, 0.2) is 0 Å². The zero-order valence-electron chi connectivity index (χ0n) is 1.52. The van der Waals surface area contributed by atoms with Crippen LogP contribution in [0.2, 0.25) is 0 Å². The van der Waals surface area contributed by atoms with E-state index < -0.39 is 0 Å². The summed E-state index contributed by atoms with van der Waals surface area (Å²) in [5.41, 5.74) is 0. The fraction of sp³-hybridized carbons (Fsp3) is 0. The van der Waals surface area contributed by atoms with Crippen molar-refractivity contribution >= 4 is 29.4 Å². The Kier molecular flexibility index (Phi) is 219. The maximum atomic E-state index is 0. The second-order valence-corrected chi connectivity index (χ2v) is 0. The summed E-state index contributed by atoms with van der Waals surface area (Å²) in [6.07, 6.45) is 0. The molecule has 0 nitrogen and oxygen atoms in total. The normalized spacial score (nSPS) is 0. The standard InChI is InChI=1S/BrH.ClH.2Fe/h2*1H;;. The summed E-state index contributed by atoms with van der Waals surface area (Å²) < 4.78 is 0. The number of rotatable bonds is 0. The Labute approximate surface area is 63.2 Å². The Bertz CT molecular complexity index is 6.00. The molecule has 4 heteroatoms. The summed E-state index contributed by atoms with van der Waals surface area (Å²) in [5.74, 6) is 0. The van der Waals surface area contributed by atoms with Gasteiger partial charge in [-0.05, 0) is 0 Å². The Hall–Kier alpha value is 1.81. The van der Waals surface area contributed by atoms with Gasteiger partial charge in [-0.15, -0.1) is 29.4 Å². The molecule has 0 fully saturated rings. The van der Waals surface area contributed by atoms with Gasteiger partial charge < -0.3 is 0 Å². The third-order valence-corrected chi connectivity index (χ3v) is 0. The van der Waals surface area contributed by atoms with Crippen LogP contribution in [-0.2, 0) is 34.1 Å². The molecule has 4 heavy (non-hydrogen) atoms. The van der Waals surface area contributed by atoms with Gasteiger partial charge in [0.05, 0.1) is 0 Å². The Morgan fingerprint density at radius 3 is 0.750 bits per heavy atom. The molecule has 0 N–H and O–H groups in total. The maximum Gasteiger partial charge on any atom is 0 e. The molecule has 0 aromatic carbocycles. The van der Waals surface area contributed by atoms with Gasteiger partial charge in [-0.25, -0.2) is 0 Å². The summed E-state index contributed by atoms with van der Waals surface area (Å²) in [4.78, 5) is 0. The molecule has 0 radical (unpaired) electrons. The summed E-state index contributed by atoms with van der Waals surface area (Å²) in [6.45, 7) is 0. The van der Waals surface area contributed by atoms with Gasteiger partial charge >= 0.3 is 0 Å². The van der Waals surface area contributed by atoms with Crippen molar-refractivity contribution in [2.24, 2.45) is 0 Å². The van der Waals surface area contributed by atoms with E-state index in [-0.39, 0.29) is 63.5 Å². The zero-order valence-corrected chi connectivity index (χ0v) is 6.26. The van der Waals surface area contributed by atoms with Crippen molar-refractivity contribution < 1.29 is 34.1 Å². The SMILES string of the molecule is Br.Cl.[Fe].[Fe]. The van der Waals surface area contributed by atoms with Gasteiger partial charge in [-0.3, -0.25) is 0 Å². The first-order valence-electron chi connectivity index (χ1n) is 0. The molecular weight excluding hydrogens is 227 g/mol. The molecule has 0 atom stereocenters. The van der Waals surface area contributed by atoms with E-state index in [4.69, 9.17) is 0 Å². The van der Waals surface area contributed by atoms with E-state index in [1.54, 1.807) is 0 Å². The van der Waals surface area contributed by atoms with Gasteiger partial charge in [0.2, 0.25) is 0 Å². The zero-order chi connectivity index (χ0) is 0. The van der Waals surface area contributed by atoms with Crippen molar-refractivity contribution in [3.8, 4) is 0 Å². The maximum absolute atomic E-state index is 0. The minimum atomic E-state index is 0. The summed E-state index contributed by atoms with van der Waals surface area (Å²) in [5, 5.41) is 0. The monoisotopic (exact) mass is 228 g/mol. The average Bonchev–Trinajstić information content (AvgIpc) is 0. The minimum absolute atomic E-state index is 0. The third-order valence-electron chi connectivity index (χ3n) is 0. The van der Waals surface area contributed by atoms with Crippen LogP contribution in [0, 0.1) is 0 Å². The molecule has 0 aliphatic heterocycles. The first kappa shape index (κ1) is 41.1. The summed E-state index contributed by atoms with van der Waals surface area (Å²) in [7, 11) is 0. The molecule has 0 aromatic rings. The van der Waals surface area contributed by atoms with E-state index in [2.05, 4.69) is 0 Å². The topological polar surface area (TPSA) is 0 Å². The Morgan fingerprint density at radius 2 is 0.750 bits per heavy atom. The summed E-state index contributed by atoms with van der Waals surface area (Å²) >= 11 is 0. The van der Waals surface area contributed by atoms with Crippen molar-refractivity contribution in [2.75, 3.05) is 0 Å². The molecule has 0 aliphatic rings. The van der Waals surface area contributed by atoms with Crippen molar-refractivity contribution in [3.05, 3.63) is 0 Å². The average molecular weight is 229 g/mol. The second kappa shape index (κ2) is 21.3. The molecule has 32 valence electrons. The first-order chi connectivity index (χ1) is 0. The molecule has 0 amide bonds. The van der Waals surface area contributed by atoms with Crippen LogP contribution < -0.4 is 0 Å². The Balaban J connectivity index is 0. The van der Waals surface area contributed by atoms with E-state index in [1.165, 1.54) is 0 Å². The molecule has 0 spiro atoms. The second-order valence-electron chi connectivity index (χ2n) is 0. The van der Waals surface area contributed by atoms with Crippen molar-refractivity contribution in [2.45, 2.75) is 0 Å². The minimum Gasteiger partial charge on any atom is -0.147 e. The molecule has 0 saturated carbocycles. The molecule has 0 heterocycles. The number of hydrogen-bond donors (Lipinski definition) is 0. The molecule has 0 saturated heterocycles. The van der Waals surface area contributed by atoms with Crippen LogP contribution in [0.25, 0.3) is 0 Å². The van der Waals surface area contributed by atoms with E-state index in [0.29, 0.717) is 0 Å². The van der Waals surface area contributed by atoms with Gasteiger partial charge in [0.1, 0.15) is 0 Å². The van der Waals surface area contributed by atoms with Crippen molar-refractivity contribution in [1.29, 1.82) is 0 Å². The molecule has 0 unspecified atom stereocenters. The molecular formula is H2BrClFe2. The predicted octanol–water partition coefficient (Wildman–Crippen LogP) is 0.995. The molecule has 0 rings (SSSR count). The summed E-state index contributed by atoms with van der Waals surface area (Å²) in [6, 6.07) is 0. The van der Waals surface area contributed by atoms with Crippen LogP contribution in [0.3, 0.4) is 0 Å². The fourth-order valence-electron chi connectivity index (χ4n) is 0. The van der Waals surface area contributed by atoms with Gasteiger partial charge in [-0.1, -0.05) is 0 Å². The van der Waals surface area contributed by atoms with Gasteiger partial charge in [0.25, 0.3) is 0 Å². The molecule has 0 bridgehead atoms. The van der Waals surface area contributed by atoms with Crippen molar-refractivity contribution in [3.63, 3.8) is 0 Å². The fourth-order valence-corrected chi connectivity index (χ4v) is 0. The molecule has 0 aromatic heterocycles. The quantitative estimate of drug-likeness (QED) is 0.543. The van der Waals surface area contributed by atoms with Crippen LogP contribution in [0.4, 0.5) is 0 Å². The van der Waals surface area contributed by atoms with E-state index in [9.17, 15) is 0 Å². The van der Waals surface area contributed by atoms with Crippen LogP contribution in [-0.4, -0.2) is 0 Å².